The van der Waals surface area contributed by atoms with E-state index in [1.165, 1.54) is 0 Å². The third-order valence-corrected chi connectivity index (χ3v) is 3.38. The van der Waals surface area contributed by atoms with Crippen molar-refractivity contribution in [1.29, 1.82) is 0 Å². The minimum atomic E-state index is 0.152. The number of nitrogens with one attached hydrogen (secondary N) is 2. The molecule has 20 heavy (non-hydrogen) atoms. The van der Waals surface area contributed by atoms with E-state index in [1.807, 2.05) is 20.8 Å². The van der Waals surface area contributed by atoms with E-state index >= 15 is 0 Å². The van der Waals surface area contributed by atoms with E-state index in [0.29, 0.717) is 18.2 Å². The van der Waals surface area contributed by atoms with Crippen molar-refractivity contribution < 1.29 is 5.11 Å². The number of hydrogen-bond donors (Lipinski definition) is 4. The smallest absolute Gasteiger partial charge is 0.148 e. The highest BCUT2D eigenvalue weighted by Gasteiger charge is 2.18. The summed E-state index contributed by atoms with van der Waals surface area (Å²) in [5, 5.41) is 12.6. The number of aliphatic hydroxyl groups excluding tert-OH is 1. The number of nitrogens with two attached hydrogens (primary N) is 1. The van der Waals surface area contributed by atoms with Crippen molar-refractivity contribution in [3.63, 3.8) is 0 Å². The monoisotopic (exact) mass is 281 g/mol. The summed E-state index contributed by atoms with van der Waals surface area (Å²) in [6.45, 7) is 10.4. The topological polar surface area (TPSA) is 96.1 Å². The number of aliphatic hydroxyl groups is 1. The zero-order chi connectivity index (χ0) is 15.3. The van der Waals surface area contributed by atoms with Crippen molar-refractivity contribution in [2.24, 2.45) is 11.8 Å². The Morgan fingerprint density at radius 2 is 1.75 bits per heavy atom. The molecule has 0 saturated heterocycles. The molecule has 1 rings (SSSR count). The van der Waals surface area contributed by atoms with E-state index in [4.69, 9.17) is 5.84 Å². The quantitative estimate of drug-likeness (QED) is 0.451. The summed E-state index contributed by atoms with van der Waals surface area (Å²) >= 11 is 0. The van der Waals surface area contributed by atoms with Gasteiger partial charge in [-0.25, -0.2) is 15.8 Å². The molecule has 1 heterocycles. The molecule has 6 nitrogen and oxygen atoms in total. The summed E-state index contributed by atoms with van der Waals surface area (Å²) in [6, 6.07) is 0.166. The molecule has 5 N–H and O–H groups in total. The van der Waals surface area contributed by atoms with Crippen LogP contribution in [0, 0.1) is 12.8 Å². The van der Waals surface area contributed by atoms with Gasteiger partial charge in [0.15, 0.2) is 0 Å². The molecule has 0 fully saturated rings. The average Bonchev–Trinajstić information content (AvgIpc) is 2.39. The van der Waals surface area contributed by atoms with E-state index in [1.54, 1.807) is 0 Å². The molecule has 0 aliphatic rings. The van der Waals surface area contributed by atoms with E-state index in [2.05, 4.69) is 34.6 Å². The summed E-state index contributed by atoms with van der Waals surface area (Å²) in [5.74, 6) is 8.31. The van der Waals surface area contributed by atoms with Crippen LogP contribution in [0.1, 0.15) is 51.4 Å². The number of rotatable bonds is 7. The molecule has 0 aliphatic carbocycles. The summed E-state index contributed by atoms with van der Waals surface area (Å²) in [4.78, 5) is 9.00. The van der Waals surface area contributed by atoms with Crippen LogP contribution >= 0.6 is 0 Å². The van der Waals surface area contributed by atoms with Gasteiger partial charge in [-0.15, -0.1) is 0 Å². The predicted octanol–water partition coefficient (Wildman–Crippen LogP) is 2.01. The minimum absolute atomic E-state index is 0.152. The van der Waals surface area contributed by atoms with Crippen LogP contribution in [-0.2, 0) is 0 Å². The molecule has 114 valence electrons. The lowest BCUT2D eigenvalue weighted by Crippen LogP contribution is -2.28. The molecule has 0 saturated carbocycles. The summed E-state index contributed by atoms with van der Waals surface area (Å²) in [6.07, 6.45) is 0.684. The van der Waals surface area contributed by atoms with Crippen LogP contribution in [0.15, 0.2) is 0 Å². The van der Waals surface area contributed by atoms with Gasteiger partial charge >= 0.3 is 0 Å². The number of hydrogen-bond acceptors (Lipinski definition) is 6. The molecule has 0 aliphatic heterocycles. The number of nitrogens with zero attached hydrogens (tertiary/aromatic N) is 2. The lowest BCUT2D eigenvalue weighted by molar-refractivity contribution is 0.267. The molecule has 1 unspecified atom stereocenters. The van der Waals surface area contributed by atoms with Crippen LogP contribution in [0.2, 0.25) is 0 Å². The normalized spacial score (nSPS) is 12.8. The van der Waals surface area contributed by atoms with Gasteiger partial charge in [-0.05, 0) is 19.3 Å². The second-order valence-electron chi connectivity index (χ2n) is 5.71. The fraction of sp³-hybridized carbons (Fsp3) is 0.714. The van der Waals surface area contributed by atoms with Crippen molar-refractivity contribution in [2.75, 3.05) is 17.3 Å². The Kier molecular flexibility index (Phi) is 6.16. The zero-order valence-electron chi connectivity index (χ0n) is 13.1. The third-order valence-electron chi connectivity index (χ3n) is 3.38. The number of nitrogen functional groups attached to an aromatic ring is 1. The van der Waals surface area contributed by atoms with E-state index < -0.39 is 0 Å². The lowest BCUT2D eigenvalue weighted by atomic mass is 10.0. The van der Waals surface area contributed by atoms with Gasteiger partial charge in [-0.2, -0.15) is 0 Å². The average molecular weight is 281 g/mol. The maximum atomic E-state index is 9.17. The van der Waals surface area contributed by atoms with E-state index in [9.17, 15) is 5.11 Å². The Morgan fingerprint density at radius 3 is 2.20 bits per heavy atom. The van der Waals surface area contributed by atoms with Crippen LogP contribution in [0.25, 0.3) is 0 Å². The van der Waals surface area contributed by atoms with Crippen LogP contribution < -0.4 is 16.6 Å². The largest absolute Gasteiger partial charge is 0.396 e. The van der Waals surface area contributed by atoms with Crippen molar-refractivity contribution in [3.05, 3.63) is 11.4 Å². The minimum Gasteiger partial charge on any atom is -0.396 e. The van der Waals surface area contributed by atoms with Crippen molar-refractivity contribution in [3.8, 4) is 0 Å². The molecule has 0 aromatic carbocycles. The second-order valence-corrected chi connectivity index (χ2v) is 5.71. The maximum absolute atomic E-state index is 9.17. The standard InChI is InChI=1S/C14H27N5O/c1-8(2)11(6-7-20)16-13-10(5)14(19-15)18-12(17-13)9(3)4/h8-9,11,20H,6-7,15H2,1-5H3,(H2,16,17,18,19). The second kappa shape index (κ2) is 7.40. The molecule has 0 radical (unpaired) electrons. The van der Waals surface area contributed by atoms with Crippen LogP contribution in [0.5, 0.6) is 0 Å². The zero-order valence-corrected chi connectivity index (χ0v) is 13.1. The predicted molar refractivity (Wildman–Crippen MR) is 82.6 cm³/mol. The Morgan fingerprint density at radius 1 is 1.15 bits per heavy atom. The Bertz CT molecular complexity index is 434. The van der Waals surface area contributed by atoms with Gasteiger partial charge in [0.2, 0.25) is 0 Å². The molecule has 0 amide bonds. The van der Waals surface area contributed by atoms with E-state index in [-0.39, 0.29) is 18.6 Å². The first-order chi connectivity index (χ1) is 9.40. The van der Waals surface area contributed by atoms with Crippen LogP contribution in [0.3, 0.4) is 0 Å². The van der Waals surface area contributed by atoms with Gasteiger partial charge in [-0.3, -0.25) is 0 Å². The Labute approximate surface area is 121 Å². The first-order valence-electron chi connectivity index (χ1n) is 7.13. The fourth-order valence-electron chi connectivity index (χ4n) is 1.96. The number of anilines is 2. The maximum Gasteiger partial charge on any atom is 0.148 e. The number of hydrazine groups is 1. The molecule has 1 atom stereocenters. The van der Waals surface area contributed by atoms with Gasteiger partial charge in [0.1, 0.15) is 17.5 Å². The van der Waals surface area contributed by atoms with Gasteiger partial charge in [0, 0.05) is 24.1 Å². The molecule has 0 bridgehead atoms. The molecule has 0 spiro atoms. The highest BCUT2D eigenvalue weighted by atomic mass is 16.3. The van der Waals surface area contributed by atoms with Gasteiger partial charge in [0.25, 0.3) is 0 Å². The summed E-state index contributed by atoms with van der Waals surface area (Å²) < 4.78 is 0. The molecule has 6 heteroatoms. The fourth-order valence-corrected chi connectivity index (χ4v) is 1.96. The highest BCUT2D eigenvalue weighted by Crippen LogP contribution is 2.24. The van der Waals surface area contributed by atoms with Crippen LogP contribution in [0.4, 0.5) is 11.6 Å². The van der Waals surface area contributed by atoms with Gasteiger partial charge in [-0.1, -0.05) is 27.7 Å². The van der Waals surface area contributed by atoms with Crippen molar-refractivity contribution in [2.45, 2.75) is 53.0 Å². The van der Waals surface area contributed by atoms with E-state index in [0.717, 1.165) is 17.2 Å². The van der Waals surface area contributed by atoms with Crippen molar-refractivity contribution in [1.82, 2.24) is 9.97 Å². The number of aromatic nitrogens is 2. The van der Waals surface area contributed by atoms with Crippen LogP contribution in [-0.4, -0.2) is 27.7 Å². The molecular weight excluding hydrogens is 254 g/mol. The Hall–Kier alpha value is -1.40. The van der Waals surface area contributed by atoms with Crippen molar-refractivity contribution >= 4 is 11.6 Å². The molecular formula is C14H27N5O. The first kappa shape index (κ1) is 16.7. The highest BCUT2D eigenvalue weighted by molar-refractivity contribution is 5.57. The third kappa shape index (κ3) is 4.05. The van der Waals surface area contributed by atoms with Gasteiger partial charge in [0.05, 0.1) is 0 Å². The molecule has 1 aromatic rings. The lowest BCUT2D eigenvalue weighted by Gasteiger charge is -2.24. The first-order valence-corrected chi connectivity index (χ1v) is 7.13. The summed E-state index contributed by atoms with van der Waals surface area (Å²) in [5.41, 5.74) is 3.51. The summed E-state index contributed by atoms with van der Waals surface area (Å²) in [7, 11) is 0. The SMILES string of the molecule is Cc1c(NN)nc(C(C)C)nc1NC(CCO)C(C)C. The Balaban J connectivity index is 3.11. The van der Waals surface area contributed by atoms with Gasteiger partial charge < -0.3 is 15.8 Å². The molecule has 1 aromatic heterocycles.